The van der Waals surface area contributed by atoms with E-state index in [1.165, 1.54) is 19.4 Å². The minimum absolute atomic E-state index is 0.00540. The number of nitrogens with zero attached hydrogens (tertiary/aromatic N) is 2. The summed E-state index contributed by atoms with van der Waals surface area (Å²) in [6.07, 6.45) is 1.50. The number of hydrogen-bond acceptors (Lipinski definition) is 5. The molecule has 1 aromatic heterocycles. The predicted octanol–water partition coefficient (Wildman–Crippen LogP) is 4.40. The van der Waals surface area contributed by atoms with Gasteiger partial charge >= 0.3 is 0 Å². The molecule has 0 spiro atoms. The molecule has 0 radical (unpaired) electrons. The van der Waals surface area contributed by atoms with Gasteiger partial charge in [-0.1, -0.05) is 23.2 Å². The molecule has 0 aliphatic heterocycles. The number of ketones is 1. The Bertz CT molecular complexity index is 1020. The van der Waals surface area contributed by atoms with Crippen molar-refractivity contribution in [2.24, 2.45) is 4.99 Å². The van der Waals surface area contributed by atoms with Crippen LogP contribution in [0.5, 0.6) is 11.5 Å². The minimum Gasteiger partial charge on any atom is -0.504 e. The van der Waals surface area contributed by atoms with E-state index in [1.54, 1.807) is 36.4 Å². The third-order valence-electron chi connectivity index (χ3n) is 3.76. The van der Waals surface area contributed by atoms with Crippen LogP contribution in [0, 0.1) is 0 Å². The Morgan fingerprint density at radius 2 is 2.07 bits per heavy atom. The number of aromatic nitrogens is 2. The van der Waals surface area contributed by atoms with Crippen LogP contribution >= 0.6 is 23.2 Å². The lowest BCUT2D eigenvalue weighted by molar-refractivity contribution is 0.0997. The fourth-order valence-electron chi connectivity index (χ4n) is 2.41. The van der Waals surface area contributed by atoms with Crippen LogP contribution in [0.3, 0.4) is 0 Å². The van der Waals surface area contributed by atoms with Crippen molar-refractivity contribution in [2.75, 3.05) is 13.7 Å². The molecule has 0 aliphatic rings. The van der Waals surface area contributed by atoms with E-state index in [1.807, 2.05) is 0 Å². The molecule has 27 heavy (non-hydrogen) atoms. The van der Waals surface area contributed by atoms with E-state index in [-0.39, 0.29) is 18.1 Å². The number of carbonyl (C=O) groups is 1. The average Bonchev–Trinajstić information content (AvgIpc) is 3.11. The standard InChI is InChI=1S/C19H15Cl2N3O3/c1-27-19-5-2-11(6-17(19)25)9-22-10-18(26)16-8-15(23-24-16)13-4-3-12(20)7-14(13)21/h2-9,25H,10H2,1H3,(H,23,24). The zero-order chi connectivity index (χ0) is 19.4. The molecule has 138 valence electrons. The smallest absolute Gasteiger partial charge is 0.201 e. The van der Waals surface area contributed by atoms with E-state index in [9.17, 15) is 9.90 Å². The number of H-pyrrole nitrogens is 1. The fraction of sp³-hybridized carbons (Fsp3) is 0.105. The number of aromatic amines is 1. The summed E-state index contributed by atoms with van der Waals surface area (Å²) in [6, 6.07) is 11.5. The lowest BCUT2D eigenvalue weighted by atomic mass is 10.1. The number of aliphatic imine (C=N–C) groups is 1. The molecule has 0 atom stereocenters. The first-order valence-corrected chi connectivity index (χ1v) is 8.64. The van der Waals surface area contributed by atoms with Crippen LogP contribution in [0.4, 0.5) is 0 Å². The molecule has 0 amide bonds. The number of phenolic OH excluding ortho intramolecular Hbond substituents is 1. The number of Topliss-reactive ketones (excluding diaryl/α,β-unsaturated/α-hetero) is 1. The van der Waals surface area contributed by atoms with Crippen molar-refractivity contribution in [3.63, 3.8) is 0 Å². The second kappa shape index (κ2) is 8.24. The van der Waals surface area contributed by atoms with Crippen LogP contribution in [0.2, 0.25) is 10.0 Å². The van der Waals surface area contributed by atoms with Gasteiger partial charge in [0.1, 0.15) is 12.2 Å². The molecule has 2 N–H and O–H groups in total. The van der Waals surface area contributed by atoms with Crippen LogP contribution in [0.25, 0.3) is 11.3 Å². The lowest BCUT2D eigenvalue weighted by Gasteiger charge is -2.02. The first kappa shape index (κ1) is 18.9. The number of aromatic hydroxyl groups is 1. The minimum atomic E-state index is -0.229. The summed E-state index contributed by atoms with van der Waals surface area (Å²) in [7, 11) is 1.47. The van der Waals surface area contributed by atoms with Crippen LogP contribution in [0.15, 0.2) is 47.5 Å². The van der Waals surface area contributed by atoms with Gasteiger partial charge in [-0.05, 0) is 48.0 Å². The second-order valence-corrected chi connectivity index (χ2v) is 6.46. The van der Waals surface area contributed by atoms with Crippen LogP contribution in [-0.2, 0) is 0 Å². The van der Waals surface area contributed by atoms with E-state index in [0.29, 0.717) is 38.3 Å². The Hall–Kier alpha value is -2.83. The van der Waals surface area contributed by atoms with Gasteiger partial charge in [0, 0.05) is 16.8 Å². The Labute approximate surface area is 165 Å². The van der Waals surface area contributed by atoms with Gasteiger partial charge in [-0.3, -0.25) is 14.9 Å². The highest BCUT2D eigenvalue weighted by Gasteiger charge is 2.13. The molecular formula is C19H15Cl2N3O3. The maximum Gasteiger partial charge on any atom is 0.201 e. The number of benzene rings is 2. The molecule has 0 bridgehead atoms. The average molecular weight is 404 g/mol. The number of rotatable bonds is 6. The maximum atomic E-state index is 12.3. The van der Waals surface area contributed by atoms with Gasteiger partial charge in [-0.2, -0.15) is 5.10 Å². The van der Waals surface area contributed by atoms with Crippen LogP contribution < -0.4 is 4.74 Å². The van der Waals surface area contributed by atoms with E-state index in [4.69, 9.17) is 27.9 Å². The highest BCUT2D eigenvalue weighted by Crippen LogP contribution is 2.29. The number of carbonyl (C=O) groups excluding carboxylic acids is 1. The van der Waals surface area contributed by atoms with Crippen molar-refractivity contribution >= 4 is 35.2 Å². The molecule has 6 nitrogen and oxygen atoms in total. The topological polar surface area (TPSA) is 87.6 Å². The van der Waals surface area contributed by atoms with E-state index >= 15 is 0 Å². The van der Waals surface area contributed by atoms with Crippen molar-refractivity contribution < 1.29 is 14.6 Å². The zero-order valence-corrected chi connectivity index (χ0v) is 15.8. The number of halogens is 2. The summed E-state index contributed by atoms with van der Waals surface area (Å²) in [5, 5.41) is 17.5. The van der Waals surface area contributed by atoms with Crippen molar-refractivity contribution in [3.8, 4) is 22.8 Å². The van der Waals surface area contributed by atoms with E-state index < -0.39 is 0 Å². The molecule has 0 saturated carbocycles. The van der Waals surface area contributed by atoms with E-state index in [2.05, 4.69) is 15.2 Å². The highest BCUT2D eigenvalue weighted by molar-refractivity contribution is 6.36. The summed E-state index contributed by atoms with van der Waals surface area (Å²) >= 11 is 12.1. The summed E-state index contributed by atoms with van der Waals surface area (Å²) in [5.41, 5.74) is 2.20. The molecule has 3 aromatic rings. The molecular weight excluding hydrogens is 389 g/mol. The number of ether oxygens (including phenoxy) is 1. The first-order chi connectivity index (χ1) is 13.0. The molecule has 8 heteroatoms. The zero-order valence-electron chi connectivity index (χ0n) is 14.2. The second-order valence-electron chi connectivity index (χ2n) is 5.62. The first-order valence-electron chi connectivity index (χ1n) is 7.89. The molecule has 3 rings (SSSR count). The largest absolute Gasteiger partial charge is 0.504 e. The quantitative estimate of drug-likeness (QED) is 0.471. The van der Waals surface area contributed by atoms with Gasteiger partial charge in [0.2, 0.25) is 5.78 Å². The molecule has 0 unspecified atom stereocenters. The molecule has 0 fully saturated rings. The summed E-state index contributed by atoms with van der Waals surface area (Å²) in [6.45, 7) is -0.0667. The number of methoxy groups -OCH3 is 1. The Morgan fingerprint density at radius 1 is 1.26 bits per heavy atom. The van der Waals surface area contributed by atoms with Crippen LogP contribution in [0.1, 0.15) is 16.1 Å². The van der Waals surface area contributed by atoms with Gasteiger partial charge in [0.15, 0.2) is 11.5 Å². The third-order valence-corrected chi connectivity index (χ3v) is 4.31. The number of hydrogen-bond donors (Lipinski definition) is 2. The van der Waals surface area contributed by atoms with Crippen molar-refractivity contribution in [3.05, 3.63) is 63.8 Å². The predicted molar refractivity (Wildman–Crippen MR) is 105 cm³/mol. The molecule has 2 aromatic carbocycles. The van der Waals surface area contributed by atoms with Gasteiger partial charge in [-0.25, -0.2) is 0 Å². The Morgan fingerprint density at radius 3 is 2.78 bits per heavy atom. The molecule has 1 heterocycles. The lowest BCUT2D eigenvalue weighted by Crippen LogP contribution is -2.04. The Balaban J connectivity index is 1.68. The number of nitrogens with one attached hydrogen (secondary N) is 1. The Kier molecular flexibility index (Phi) is 5.78. The van der Waals surface area contributed by atoms with Gasteiger partial charge in [0.05, 0.1) is 17.8 Å². The van der Waals surface area contributed by atoms with Gasteiger partial charge in [-0.15, -0.1) is 0 Å². The monoisotopic (exact) mass is 403 g/mol. The number of phenols is 1. The summed E-state index contributed by atoms with van der Waals surface area (Å²) < 4.78 is 4.98. The van der Waals surface area contributed by atoms with Crippen molar-refractivity contribution in [1.82, 2.24) is 10.2 Å². The van der Waals surface area contributed by atoms with Gasteiger partial charge in [0.25, 0.3) is 0 Å². The fourth-order valence-corrected chi connectivity index (χ4v) is 2.91. The SMILES string of the molecule is COc1ccc(C=NCC(=O)c2cc(-c3ccc(Cl)cc3Cl)n[nH]2)cc1O. The highest BCUT2D eigenvalue weighted by atomic mass is 35.5. The van der Waals surface area contributed by atoms with E-state index in [0.717, 1.165) is 0 Å². The molecule has 0 saturated heterocycles. The molecule has 0 aliphatic carbocycles. The van der Waals surface area contributed by atoms with Crippen molar-refractivity contribution in [2.45, 2.75) is 0 Å². The van der Waals surface area contributed by atoms with Gasteiger partial charge < -0.3 is 9.84 Å². The van der Waals surface area contributed by atoms with Crippen LogP contribution in [-0.4, -0.2) is 41.0 Å². The van der Waals surface area contributed by atoms with Crippen molar-refractivity contribution in [1.29, 1.82) is 0 Å². The third kappa shape index (κ3) is 4.48. The normalized spacial score (nSPS) is 11.1. The summed E-state index contributed by atoms with van der Waals surface area (Å²) in [4.78, 5) is 16.4. The summed E-state index contributed by atoms with van der Waals surface area (Å²) in [5.74, 6) is 0.146. The maximum absolute atomic E-state index is 12.3.